The van der Waals surface area contributed by atoms with E-state index in [2.05, 4.69) is 16.4 Å². The number of nitrogens with one attached hydrogen (secondary N) is 1. The lowest BCUT2D eigenvalue weighted by molar-refractivity contribution is -0.0449. The summed E-state index contributed by atoms with van der Waals surface area (Å²) in [6.45, 7) is 3.12. The van der Waals surface area contributed by atoms with Crippen molar-refractivity contribution < 1.29 is 4.74 Å². The zero-order valence-corrected chi connectivity index (χ0v) is 14.8. The van der Waals surface area contributed by atoms with Gasteiger partial charge in [-0.25, -0.2) is 4.98 Å². The average Bonchev–Trinajstić information content (AvgIpc) is 2.58. The van der Waals surface area contributed by atoms with Gasteiger partial charge in [-0.05, 0) is 42.3 Å². The fraction of sp³-hybridized carbons (Fsp3) is 0.263. The molecular weight excluding hydrogens is 338 g/mol. The molecule has 1 N–H and O–H groups in total. The van der Waals surface area contributed by atoms with Crippen molar-refractivity contribution in [3.05, 3.63) is 69.2 Å². The maximum Gasteiger partial charge on any atom is 0.260 e. The van der Waals surface area contributed by atoms with Gasteiger partial charge in [-0.1, -0.05) is 23.7 Å². The quantitative estimate of drug-likeness (QED) is 0.783. The molecule has 0 saturated carbocycles. The molecule has 0 spiro atoms. The van der Waals surface area contributed by atoms with Crippen LogP contribution in [0.25, 0.3) is 10.9 Å². The van der Waals surface area contributed by atoms with Crippen LogP contribution in [0.2, 0.25) is 5.02 Å². The van der Waals surface area contributed by atoms with E-state index in [1.54, 1.807) is 7.05 Å². The lowest BCUT2D eigenvalue weighted by Crippen LogP contribution is -2.53. The predicted octanol–water partition coefficient (Wildman–Crippen LogP) is 3.23. The molecule has 2 heterocycles. The molecule has 5 nitrogen and oxygen atoms in total. The lowest BCUT2D eigenvalue weighted by atomic mass is 9.84. The van der Waals surface area contributed by atoms with Crippen molar-refractivity contribution in [2.24, 2.45) is 7.05 Å². The van der Waals surface area contributed by atoms with E-state index in [9.17, 15) is 4.79 Å². The van der Waals surface area contributed by atoms with Crippen molar-refractivity contribution in [1.29, 1.82) is 0 Å². The Morgan fingerprint density at radius 1 is 1.28 bits per heavy atom. The molecule has 1 fully saturated rings. The van der Waals surface area contributed by atoms with Gasteiger partial charge in [0.15, 0.2) is 0 Å². The molecule has 0 radical (unpaired) electrons. The third kappa shape index (κ3) is 2.60. The third-order valence-electron chi connectivity index (χ3n) is 4.78. The van der Waals surface area contributed by atoms with Gasteiger partial charge in [0.05, 0.1) is 30.4 Å². The molecule has 0 atom stereocenters. The summed E-state index contributed by atoms with van der Waals surface area (Å²) in [5.74, 6) is 0. The van der Waals surface area contributed by atoms with Crippen LogP contribution >= 0.6 is 11.6 Å². The maximum absolute atomic E-state index is 12.4. The molecule has 0 unspecified atom stereocenters. The van der Waals surface area contributed by atoms with Crippen LogP contribution < -0.4 is 10.9 Å². The number of anilines is 1. The second-order valence-electron chi connectivity index (χ2n) is 6.50. The lowest BCUT2D eigenvalue weighted by Gasteiger charge is -2.44. The van der Waals surface area contributed by atoms with Crippen LogP contribution in [0.3, 0.4) is 0 Å². The number of ether oxygens (including phenoxy) is 1. The summed E-state index contributed by atoms with van der Waals surface area (Å²) in [5, 5.41) is 4.88. The van der Waals surface area contributed by atoms with Crippen molar-refractivity contribution in [2.45, 2.75) is 12.5 Å². The average molecular weight is 356 g/mol. The molecule has 1 aromatic heterocycles. The van der Waals surface area contributed by atoms with Gasteiger partial charge in [0.1, 0.15) is 5.54 Å². The van der Waals surface area contributed by atoms with Crippen LogP contribution in [0.15, 0.2) is 47.5 Å². The molecular formula is C19H18ClN3O2. The number of rotatable bonds is 3. The van der Waals surface area contributed by atoms with E-state index in [0.29, 0.717) is 24.1 Å². The molecule has 128 valence electrons. The Labute approximate surface area is 150 Å². The Hall–Kier alpha value is -2.37. The maximum atomic E-state index is 12.4. The number of nitrogens with zero attached hydrogens (tertiary/aromatic N) is 2. The van der Waals surface area contributed by atoms with Crippen LogP contribution in [0.1, 0.15) is 11.1 Å². The van der Waals surface area contributed by atoms with Gasteiger partial charge < -0.3 is 14.6 Å². The second-order valence-corrected chi connectivity index (χ2v) is 6.91. The van der Waals surface area contributed by atoms with Crippen molar-refractivity contribution >= 4 is 28.2 Å². The highest BCUT2D eigenvalue weighted by Crippen LogP contribution is 2.37. The van der Waals surface area contributed by atoms with Crippen molar-refractivity contribution in [3.8, 4) is 0 Å². The summed E-state index contributed by atoms with van der Waals surface area (Å²) in [4.78, 5) is 16.6. The number of hydrogen-bond acceptors (Lipinski definition) is 4. The molecule has 3 aromatic rings. The van der Waals surface area contributed by atoms with Gasteiger partial charge in [0, 0.05) is 17.8 Å². The number of hydrogen-bond donors (Lipinski definition) is 1. The molecule has 0 aliphatic carbocycles. The van der Waals surface area contributed by atoms with Crippen LogP contribution in [0.5, 0.6) is 0 Å². The fourth-order valence-corrected chi connectivity index (χ4v) is 3.47. The molecule has 25 heavy (non-hydrogen) atoms. The zero-order valence-electron chi connectivity index (χ0n) is 14.0. The van der Waals surface area contributed by atoms with Gasteiger partial charge in [0.2, 0.25) is 0 Å². The van der Waals surface area contributed by atoms with Crippen LogP contribution in [0.4, 0.5) is 5.69 Å². The molecule has 6 heteroatoms. The van der Waals surface area contributed by atoms with Gasteiger partial charge in [-0.2, -0.15) is 0 Å². The highest BCUT2D eigenvalue weighted by molar-refractivity contribution is 6.31. The molecule has 2 aromatic carbocycles. The number of benzene rings is 2. The first-order chi connectivity index (χ1) is 12.0. The van der Waals surface area contributed by atoms with E-state index in [1.165, 1.54) is 10.9 Å². The molecule has 1 aliphatic heterocycles. The summed E-state index contributed by atoms with van der Waals surface area (Å²) in [7, 11) is 1.70. The first kappa shape index (κ1) is 16.1. The monoisotopic (exact) mass is 355 g/mol. The Bertz CT molecular complexity index is 1020. The molecule has 1 saturated heterocycles. The molecule has 0 bridgehead atoms. The van der Waals surface area contributed by atoms with E-state index < -0.39 is 0 Å². The van der Waals surface area contributed by atoms with Gasteiger partial charge >= 0.3 is 0 Å². The highest BCUT2D eigenvalue weighted by atomic mass is 35.5. The minimum absolute atomic E-state index is 0.0634. The minimum atomic E-state index is -0.337. The normalized spacial score (nSPS) is 15.8. The first-order valence-electron chi connectivity index (χ1n) is 8.07. The van der Waals surface area contributed by atoms with E-state index in [1.807, 2.05) is 37.3 Å². The number of aryl methyl sites for hydroxylation is 1. The standard InChI is InChI=1S/C19H18ClN3O2/c1-12-15(4-3-5-16(12)20)19(9-25-10-19)22-13-6-7-17-14(8-13)18(24)23(2)11-21-17/h3-8,11,22H,9-10H2,1-2H3. The van der Waals surface area contributed by atoms with Crippen LogP contribution in [-0.2, 0) is 17.3 Å². The van der Waals surface area contributed by atoms with E-state index in [-0.39, 0.29) is 11.1 Å². The second kappa shape index (κ2) is 5.86. The number of aromatic nitrogens is 2. The van der Waals surface area contributed by atoms with Crippen molar-refractivity contribution in [3.63, 3.8) is 0 Å². The van der Waals surface area contributed by atoms with Gasteiger partial charge in [-0.15, -0.1) is 0 Å². The summed E-state index contributed by atoms with van der Waals surface area (Å²) in [5.41, 5.74) is 3.30. The van der Waals surface area contributed by atoms with E-state index >= 15 is 0 Å². The van der Waals surface area contributed by atoms with E-state index in [0.717, 1.165) is 21.8 Å². The van der Waals surface area contributed by atoms with Gasteiger partial charge in [-0.3, -0.25) is 4.79 Å². The Kier molecular flexibility index (Phi) is 3.78. The molecule has 1 aliphatic rings. The van der Waals surface area contributed by atoms with Crippen LogP contribution in [0, 0.1) is 6.92 Å². The topological polar surface area (TPSA) is 56.2 Å². The fourth-order valence-electron chi connectivity index (χ4n) is 3.29. The minimum Gasteiger partial charge on any atom is -0.376 e. The van der Waals surface area contributed by atoms with Crippen molar-refractivity contribution in [1.82, 2.24) is 9.55 Å². The van der Waals surface area contributed by atoms with Crippen molar-refractivity contribution in [2.75, 3.05) is 18.5 Å². The summed E-state index contributed by atoms with van der Waals surface area (Å²) >= 11 is 6.30. The smallest absolute Gasteiger partial charge is 0.260 e. The zero-order chi connectivity index (χ0) is 17.6. The predicted molar refractivity (Wildman–Crippen MR) is 99.3 cm³/mol. The largest absolute Gasteiger partial charge is 0.376 e. The SMILES string of the molecule is Cc1c(Cl)cccc1C1(Nc2ccc3ncn(C)c(=O)c3c2)COC1. The highest BCUT2D eigenvalue weighted by Gasteiger charge is 2.41. The van der Waals surface area contributed by atoms with E-state index in [4.69, 9.17) is 16.3 Å². The Morgan fingerprint density at radius 3 is 2.80 bits per heavy atom. The first-order valence-corrected chi connectivity index (χ1v) is 8.45. The Balaban J connectivity index is 1.78. The summed E-state index contributed by atoms with van der Waals surface area (Å²) in [6, 6.07) is 11.6. The molecule has 0 amide bonds. The third-order valence-corrected chi connectivity index (χ3v) is 5.19. The van der Waals surface area contributed by atoms with Crippen LogP contribution in [-0.4, -0.2) is 22.8 Å². The molecule has 4 rings (SSSR count). The number of fused-ring (bicyclic) bond motifs is 1. The van der Waals surface area contributed by atoms with Gasteiger partial charge in [0.25, 0.3) is 5.56 Å². The number of halogens is 1. The summed E-state index contributed by atoms with van der Waals surface area (Å²) in [6.07, 6.45) is 1.54. The Morgan fingerprint density at radius 2 is 2.08 bits per heavy atom. The summed E-state index contributed by atoms with van der Waals surface area (Å²) < 4.78 is 6.99.